The molecule has 3 atom stereocenters. The minimum atomic E-state index is -0.468. The first-order valence-corrected chi connectivity index (χ1v) is 11.0. The van der Waals surface area contributed by atoms with Crippen LogP contribution in [0.5, 0.6) is 0 Å². The summed E-state index contributed by atoms with van der Waals surface area (Å²) >= 11 is 0. The number of hydrogen-bond acceptors (Lipinski definition) is 4. The number of carbonyl (C=O) groups excluding carboxylic acids is 1. The van der Waals surface area contributed by atoms with Gasteiger partial charge in [0.05, 0.1) is 6.67 Å². The van der Waals surface area contributed by atoms with Crippen molar-refractivity contribution in [2.75, 3.05) is 20.3 Å². The lowest BCUT2D eigenvalue weighted by Crippen LogP contribution is -2.61. The Labute approximate surface area is 176 Å². The van der Waals surface area contributed by atoms with Crippen LogP contribution in [0.4, 0.5) is 4.79 Å². The predicted octanol–water partition coefficient (Wildman–Crippen LogP) is 3.58. The molecule has 2 aliphatic rings. The molecule has 2 rings (SSSR count). The second-order valence-corrected chi connectivity index (χ2v) is 9.66. The van der Waals surface area contributed by atoms with Crippen LogP contribution in [0, 0.1) is 5.92 Å². The molecular weight excluding hydrogens is 366 g/mol. The van der Waals surface area contributed by atoms with Crippen LogP contribution in [0.25, 0.3) is 0 Å². The van der Waals surface area contributed by atoms with Crippen molar-refractivity contribution in [3.63, 3.8) is 0 Å². The maximum absolute atomic E-state index is 12.3. The molecular formula is C22H41N5O2. The van der Waals surface area contributed by atoms with E-state index in [1.807, 2.05) is 34.7 Å². The zero-order chi connectivity index (χ0) is 21.7. The van der Waals surface area contributed by atoms with Gasteiger partial charge in [-0.05, 0) is 72.6 Å². The number of hydrogen-bond donors (Lipinski definition) is 3. The molecule has 0 heterocycles. The molecule has 0 radical (unpaired) electrons. The fourth-order valence-corrected chi connectivity index (χ4v) is 4.44. The van der Waals surface area contributed by atoms with Gasteiger partial charge in [-0.15, -0.1) is 0 Å². The maximum Gasteiger partial charge on any atom is 0.407 e. The summed E-state index contributed by atoms with van der Waals surface area (Å²) in [5.74, 6) is 1.40. The summed E-state index contributed by atoms with van der Waals surface area (Å²) in [6.45, 7) is 15.0. The SMILES string of the molecule is C=C(C)NCN(C)C(=NCC)NC12CCCC(C1)C(NC(=O)OC(C)(C)C)CC2. The van der Waals surface area contributed by atoms with Crippen molar-refractivity contribution in [1.29, 1.82) is 0 Å². The van der Waals surface area contributed by atoms with E-state index in [9.17, 15) is 4.79 Å². The smallest absolute Gasteiger partial charge is 0.407 e. The van der Waals surface area contributed by atoms with E-state index >= 15 is 0 Å². The maximum atomic E-state index is 12.3. The number of nitrogens with one attached hydrogen (secondary N) is 3. The number of allylic oxidation sites excluding steroid dienone is 1. The highest BCUT2D eigenvalue weighted by atomic mass is 16.6. The molecule has 3 N–H and O–H groups in total. The Bertz CT molecular complexity index is 613. The van der Waals surface area contributed by atoms with Gasteiger partial charge in [0, 0.05) is 30.9 Å². The van der Waals surface area contributed by atoms with E-state index in [0.717, 1.165) is 56.7 Å². The molecule has 29 heavy (non-hydrogen) atoms. The lowest BCUT2D eigenvalue weighted by Gasteiger charge is -2.50. The van der Waals surface area contributed by atoms with Crippen LogP contribution in [0.3, 0.4) is 0 Å². The van der Waals surface area contributed by atoms with Crippen LogP contribution in [-0.4, -0.2) is 54.4 Å². The van der Waals surface area contributed by atoms with E-state index < -0.39 is 5.60 Å². The number of fused-ring (bicyclic) bond motifs is 2. The van der Waals surface area contributed by atoms with Gasteiger partial charge in [0.2, 0.25) is 0 Å². The van der Waals surface area contributed by atoms with Crippen LogP contribution < -0.4 is 16.0 Å². The summed E-state index contributed by atoms with van der Waals surface area (Å²) in [6, 6.07) is 0.189. The molecule has 2 fully saturated rings. The Morgan fingerprint density at radius 1 is 1.31 bits per heavy atom. The van der Waals surface area contributed by atoms with Crippen molar-refractivity contribution in [2.45, 2.75) is 90.3 Å². The average molecular weight is 408 g/mol. The van der Waals surface area contributed by atoms with Crippen LogP contribution in [-0.2, 0) is 4.74 Å². The van der Waals surface area contributed by atoms with Crippen molar-refractivity contribution in [3.8, 4) is 0 Å². The van der Waals surface area contributed by atoms with Crippen molar-refractivity contribution in [2.24, 2.45) is 10.9 Å². The molecule has 7 nitrogen and oxygen atoms in total. The molecule has 2 aliphatic carbocycles. The third-order valence-electron chi connectivity index (χ3n) is 5.75. The van der Waals surface area contributed by atoms with E-state index in [1.165, 1.54) is 0 Å². The summed E-state index contributed by atoms with van der Waals surface area (Å²) in [5, 5.41) is 10.2. The number of aliphatic imine (C=N–C) groups is 1. The summed E-state index contributed by atoms with van der Waals surface area (Å²) in [4.78, 5) is 19.1. The molecule has 0 aliphatic heterocycles. The lowest BCUT2D eigenvalue weighted by atomic mass is 9.65. The van der Waals surface area contributed by atoms with Crippen molar-refractivity contribution in [1.82, 2.24) is 20.9 Å². The first kappa shape index (κ1) is 23.4. The highest BCUT2D eigenvalue weighted by molar-refractivity contribution is 5.80. The van der Waals surface area contributed by atoms with Gasteiger partial charge < -0.3 is 25.6 Å². The second kappa shape index (κ2) is 9.72. The average Bonchev–Trinajstić information content (AvgIpc) is 2.60. The molecule has 2 bridgehead atoms. The summed E-state index contributed by atoms with van der Waals surface area (Å²) in [6.07, 6.45) is 6.20. The fourth-order valence-electron chi connectivity index (χ4n) is 4.44. The number of alkyl carbamates (subject to hydrolysis) is 1. The van der Waals surface area contributed by atoms with E-state index in [2.05, 4.69) is 34.4 Å². The normalized spacial score (nSPS) is 27.0. The molecule has 0 saturated heterocycles. The standard InChI is InChI=1S/C22H41N5O2/c1-8-23-19(27(7)15-24-16(2)3)26-22-12-9-10-17(14-22)18(11-13-22)25-20(28)29-21(4,5)6/h17-18,24H,2,8-15H2,1,3-7H3,(H,23,26)(H,25,28). The molecule has 7 heteroatoms. The van der Waals surface area contributed by atoms with Gasteiger partial charge in [0.25, 0.3) is 0 Å². The molecule has 0 aromatic carbocycles. The Kier molecular flexibility index (Phi) is 7.83. The number of nitrogens with zero attached hydrogens (tertiary/aromatic N) is 2. The van der Waals surface area contributed by atoms with Gasteiger partial charge in [-0.2, -0.15) is 0 Å². The number of amides is 1. The molecule has 0 spiro atoms. The highest BCUT2D eigenvalue weighted by Crippen LogP contribution is 2.43. The topological polar surface area (TPSA) is 78.0 Å². The van der Waals surface area contributed by atoms with Gasteiger partial charge in [-0.3, -0.25) is 4.99 Å². The molecule has 2 saturated carbocycles. The number of guanidine groups is 1. The molecule has 0 aromatic rings. The highest BCUT2D eigenvalue weighted by Gasteiger charge is 2.45. The zero-order valence-electron chi connectivity index (χ0n) is 19.2. The molecule has 166 valence electrons. The van der Waals surface area contributed by atoms with Crippen molar-refractivity contribution >= 4 is 12.1 Å². The summed E-state index contributed by atoms with van der Waals surface area (Å²) in [7, 11) is 2.05. The summed E-state index contributed by atoms with van der Waals surface area (Å²) in [5.41, 5.74) is 0.530. The van der Waals surface area contributed by atoms with E-state index in [0.29, 0.717) is 12.6 Å². The number of ether oxygens (including phenoxy) is 1. The van der Waals surface area contributed by atoms with E-state index in [4.69, 9.17) is 9.73 Å². The minimum absolute atomic E-state index is 0.0561. The predicted molar refractivity (Wildman–Crippen MR) is 119 cm³/mol. The number of carbonyl (C=O) groups is 1. The molecule has 0 aromatic heterocycles. The van der Waals surface area contributed by atoms with Crippen LogP contribution in [0.1, 0.15) is 73.1 Å². The summed E-state index contributed by atoms with van der Waals surface area (Å²) < 4.78 is 5.47. The zero-order valence-corrected chi connectivity index (χ0v) is 19.2. The quantitative estimate of drug-likeness (QED) is 0.356. The Hall–Kier alpha value is -1.92. The molecule has 3 unspecified atom stereocenters. The van der Waals surface area contributed by atoms with Crippen LogP contribution in [0.2, 0.25) is 0 Å². The Morgan fingerprint density at radius 2 is 2.03 bits per heavy atom. The second-order valence-electron chi connectivity index (χ2n) is 9.66. The lowest BCUT2D eigenvalue weighted by molar-refractivity contribution is 0.0390. The van der Waals surface area contributed by atoms with Crippen LogP contribution >= 0.6 is 0 Å². The Balaban J connectivity index is 2.01. The third kappa shape index (κ3) is 7.12. The van der Waals surface area contributed by atoms with Crippen molar-refractivity contribution in [3.05, 3.63) is 12.3 Å². The fraction of sp³-hybridized carbons (Fsp3) is 0.818. The third-order valence-corrected chi connectivity index (χ3v) is 5.75. The van der Waals surface area contributed by atoms with Crippen LogP contribution in [0.15, 0.2) is 17.3 Å². The van der Waals surface area contributed by atoms with Crippen molar-refractivity contribution < 1.29 is 9.53 Å². The Morgan fingerprint density at radius 3 is 2.66 bits per heavy atom. The first-order valence-electron chi connectivity index (χ1n) is 11.0. The van der Waals surface area contributed by atoms with Gasteiger partial charge in [-0.25, -0.2) is 4.79 Å². The van der Waals surface area contributed by atoms with Gasteiger partial charge in [-0.1, -0.05) is 13.0 Å². The molecule has 1 amide bonds. The van der Waals surface area contributed by atoms with E-state index in [-0.39, 0.29) is 17.7 Å². The first-order chi connectivity index (χ1) is 13.5. The minimum Gasteiger partial charge on any atom is -0.444 e. The van der Waals surface area contributed by atoms with Gasteiger partial charge >= 0.3 is 6.09 Å². The van der Waals surface area contributed by atoms with Gasteiger partial charge in [0.1, 0.15) is 5.60 Å². The van der Waals surface area contributed by atoms with Gasteiger partial charge in [0.15, 0.2) is 5.96 Å². The largest absolute Gasteiger partial charge is 0.444 e. The number of rotatable bonds is 6. The van der Waals surface area contributed by atoms with E-state index in [1.54, 1.807) is 0 Å². The monoisotopic (exact) mass is 407 g/mol.